The summed E-state index contributed by atoms with van der Waals surface area (Å²) in [5.74, 6) is -1.25. The molecule has 0 unspecified atom stereocenters. The van der Waals surface area contributed by atoms with Crippen molar-refractivity contribution in [3.63, 3.8) is 0 Å². The van der Waals surface area contributed by atoms with E-state index in [0.29, 0.717) is 0 Å². The maximum absolute atomic E-state index is 11.1. The van der Waals surface area contributed by atoms with Crippen LogP contribution in [0.4, 0.5) is 10.5 Å². The van der Waals surface area contributed by atoms with E-state index >= 15 is 0 Å². The van der Waals surface area contributed by atoms with E-state index in [0.717, 1.165) is 12.1 Å². The van der Waals surface area contributed by atoms with Crippen LogP contribution < -0.4 is 4.74 Å². The maximum atomic E-state index is 11.1. The highest BCUT2D eigenvalue weighted by atomic mass is 16.7. The van der Waals surface area contributed by atoms with E-state index < -0.39 is 23.7 Å². The summed E-state index contributed by atoms with van der Waals surface area (Å²) in [6, 6.07) is 4.73. The van der Waals surface area contributed by atoms with Crippen molar-refractivity contribution in [2.45, 2.75) is 0 Å². The molecule has 100 valence electrons. The standard InChI is InChI=1S/C11H9NO7/c1-7(10(13)14)6-18-11(15)19-9-4-2-8(3-5-9)12(16)17/h2-5H,1,6H2,(H,13,14). The molecule has 0 heterocycles. The summed E-state index contributed by atoms with van der Waals surface area (Å²) in [5, 5.41) is 18.9. The van der Waals surface area contributed by atoms with E-state index in [1.54, 1.807) is 0 Å². The predicted molar refractivity (Wildman–Crippen MR) is 61.8 cm³/mol. The van der Waals surface area contributed by atoms with Crippen LogP contribution in [0, 0.1) is 10.1 Å². The Morgan fingerprint density at radius 2 is 1.89 bits per heavy atom. The van der Waals surface area contributed by atoms with Gasteiger partial charge in [-0.05, 0) is 12.1 Å². The van der Waals surface area contributed by atoms with Gasteiger partial charge >= 0.3 is 12.1 Å². The Hall–Kier alpha value is -2.90. The molecule has 0 bridgehead atoms. The molecule has 0 aliphatic rings. The Morgan fingerprint density at radius 3 is 2.37 bits per heavy atom. The van der Waals surface area contributed by atoms with Crippen LogP contribution in [0.2, 0.25) is 0 Å². The second kappa shape index (κ2) is 6.15. The molecule has 1 aromatic rings. The van der Waals surface area contributed by atoms with Crippen molar-refractivity contribution in [3.05, 3.63) is 46.5 Å². The van der Waals surface area contributed by atoms with Gasteiger partial charge < -0.3 is 14.6 Å². The van der Waals surface area contributed by atoms with Gasteiger partial charge in [-0.15, -0.1) is 0 Å². The van der Waals surface area contributed by atoms with Crippen molar-refractivity contribution in [2.24, 2.45) is 0 Å². The van der Waals surface area contributed by atoms with Gasteiger partial charge in [-0.25, -0.2) is 9.59 Å². The second-order valence-electron chi connectivity index (χ2n) is 3.30. The van der Waals surface area contributed by atoms with Crippen LogP contribution in [0.1, 0.15) is 0 Å². The summed E-state index contributed by atoms with van der Waals surface area (Å²) >= 11 is 0. The average Bonchev–Trinajstić information content (AvgIpc) is 2.36. The lowest BCUT2D eigenvalue weighted by molar-refractivity contribution is -0.384. The number of carboxylic acids is 1. The Labute approximate surface area is 107 Å². The fourth-order valence-corrected chi connectivity index (χ4v) is 0.969. The van der Waals surface area contributed by atoms with E-state index in [-0.39, 0.29) is 17.0 Å². The molecule has 0 aliphatic carbocycles. The number of nitro groups is 1. The number of ether oxygens (including phenoxy) is 2. The Bertz CT molecular complexity index is 520. The number of carboxylic acid groups (broad SMARTS) is 1. The van der Waals surface area contributed by atoms with E-state index in [4.69, 9.17) is 5.11 Å². The van der Waals surface area contributed by atoms with Gasteiger partial charge in [0.25, 0.3) is 5.69 Å². The molecule has 0 radical (unpaired) electrons. The van der Waals surface area contributed by atoms with Crippen LogP contribution in [0.3, 0.4) is 0 Å². The lowest BCUT2D eigenvalue weighted by atomic mass is 10.3. The topological polar surface area (TPSA) is 116 Å². The van der Waals surface area contributed by atoms with Gasteiger partial charge in [-0.3, -0.25) is 10.1 Å². The first-order valence-electron chi connectivity index (χ1n) is 4.90. The minimum Gasteiger partial charge on any atom is -0.478 e. The Kier molecular flexibility index (Phi) is 4.58. The van der Waals surface area contributed by atoms with Crippen LogP contribution in [-0.2, 0) is 9.53 Å². The number of nitrogens with zero attached hydrogens (tertiary/aromatic N) is 1. The lowest BCUT2D eigenvalue weighted by Gasteiger charge is -2.05. The third kappa shape index (κ3) is 4.46. The molecule has 0 spiro atoms. The molecule has 0 saturated heterocycles. The zero-order valence-electron chi connectivity index (χ0n) is 9.57. The van der Waals surface area contributed by atoms with E-state index in [9.17, 15) is 19.7 Å². The van der Waals surface area contributed by atoms with Crippen molar-refractivity contribution >= 4 is 17.8 Å². The first kappa shape index (κ1) is 14.2. The quantitative estimate of drug-likeness (QED) is 0.284. The number of non-ortho nitro benzene ring substituents is 1. The minimum absolute atomic E-state index is 0.0385. The number of carbonyl (C=O) groups excluding carboxylic acids is 1. The number of benzene rings is 1. The fraction of sp³-hybridized carbons (Fsp3) is 0.0909. The van der Waals surface area contributed by atoms with Crippen molar-refractivity contribution in [1.82, 2.24) is 0 Å². The maximum Gasteiger partial charge on any atom is 0.514 e. The first-order valence-corrected chi connectivity index (χ1v) is 4.90. The zero-order chi connectivity index (χ0) is 14.4. The van der Waals surface area contributed by atoms with Crippen molar-refractivity contribution in [3.8, 4) is 5.75 Å². The van der Waals surface area contributed by atoms with Crippen LogP contribution in [-0.4, -0.2) is 28.8 Å². The van der Waals surface area contributed by atoms with Gasteiger partial charge in [0.2, 0.25) is 0 Å². The third-order valence-electron chi connectivity index (χ3n) is 1.92. The molecule has 0 aromatic heterocycles. The van der Waals surface area contributed by atoms with Crippen LogP contribution in [0.5, 0.6) is 5.75 Å². The monoisotopic (exact) mass is 267 g/mol. The minimum atomic E-state index is -1.29. The van der Waals surface area contributed by atoms with Gasteiger partial charge in [0.15, 0.2) is 0 Å². The molecule has 19 heavy (non-hydrogen) atoms. The normalized spacial score (nSPS) is 9.47. The van der Waals surface area contributed by atoms with Gasteiger partial charge in [0, 0.05) is 12.1 Å². The van der Waals surface area contributed by atoms with Gasteiger partial charge in [-0.2, -0.15) is 0 Å². The van der Waals surface area contributed by atoms with Gasteiger partial charge in [-0.1, -0.05) is 6.58 Å². The molecular formula is C11H9NO7. The largest absolute Gasteiger partial charge is 0.514 e. The fourth-order valence-electron chi connectivity index (χ4n) is 0.969. The Morgan fingerprint density at radius 1 is 1.32 bits per heavy atom. The summed E-state index contributed by atoms with van der Waals surface area (Å²) in [5.41, 5.74) is -0.458. The molecule has 8 nitrogen and oxygen atoms in total. The van der Waals surface area contributed by atoms with E-state index in [1.165, 1.54) is 12.1 Å². The summed E-state index contributed by atoms with van der Waals surface area (Å²) < 4.78 is 9.13. The summed E-state index contributed by atoms with van der Waals surface area (Å²) in [6.45, 7) is 2.64. The smallest absolute Gasteiger partial charge is 0.478 e. The van der Waals surface area contributed by atoms with Crippen molar-refractivity contribution < 1.29 is 29.1 Å². The number of aliphatic carboxylic acids is 1. The SMILES string of the molecule is C=C(COC(=O)Oc1ccc([N+](=O)[O-])cc1)C(=O)O. The molecular weight excluding hydrogens is 258 g/mol. The highest BCUT2D eigenvalue weighted by Crippen LogP contribution is 2.17. The van der Waals surface area contributed by atoms with Gasteiger partial charge in [0.1, 0.15) is 12.4 Å². The van der Waals surface area contributed by atoms with E-state index in [1.807, 2.05) is 0 Å². The molecule has 8 heteroatoms. The summed E-state index contributed by atoms with van der Waals surface area (Å²) in [6.07, 6.45) is -1.13. The molecule has 1 rings (SSSR count). The molecule has 1 N–H and O–H groups in total. The second-order valence-corrected chi connectivity index (χ2v) is 3.30. The number of nitro benzene ring substituents is 1. The van der Waals surface area contributed by atoms with Crippen LogP contribution in [0.25, 0.3) is 0 Å². The van der Waals surface area contributed by atoms with Crippen LogP contribution in [0.15, 0.2) is 36.4 Å². The van der Waals surface area contributed by atoms with Gasteiger partial charge in [0.05, 0.1) is 10.5 Å². The first-order chi connectivity index (χ1) is 8.90. The van der Waals surface area contributed by atoms with Crippen molar-refractivity contribution in [2.75, 3.05) is 6.61 Å². The summed E-state index contributed by atoms with van der Waals surface area (Å²) in [4.78, 5) is 31.3. The highest BCUT2D eigenvalue weighted by molar-refractivity contribution is 5.86. The van der Waals surface area contributed by atoms with E-state index in [2.05, 4.69) is 16.1 Å². The molecule has 0 amide bonds. The predicted octanol–water partition coefficient (Wildman–Crippen LogP) is 1.75. The molecule has 0 saturated carbocycles. The molecule has 0 atom stereocenters. The third-order valence-corrected chi connectivity index (χ3v) is 1.92. The summed E-state index contributed by atoms with van der Waals surface area (Å²) in [7, 11) is 0. The van der Waals surface area contributed by atoms with Crippen LogP contribution >= 0.6 is 0 Å². The number of carbonyl (C=O) groups is 2. The average molecular weight is 267 g/mol. The lowest BCUT2D eigenvalue weighted by Crippen LogP contribution is -2.15. The Balaban J connectivity index is 2.50. The number of rotatable bonds is 5. The van der Waals surface area contributed by atoms with Crippen molar-refractivity contribution in [1.29, 1.82) is 0 Å². The molecule has 0 fully saturated rings. The zero-order valence-corrected chi connectivity index (χ0v) is 9.57. The molecule has 0 aliphatic heterocycles. The highest BCUT2D eigenvalue weighted by Gasteiger charge is 2.11. The number of hydrogen-bond donors (Lipinski definition) is 1. The number of hydrogen-bond acceptors (Lipinski definition) is 6. The molecule has 1 aromatic carbocycles.